The maximum Gasteiger partial charge on any atom is 0.398 e. The van der Waals surface area contributed by atoms with E-state index < -0.39 is 8.84 Å². The molecule has 0 spiro atoms. The molecule has 0 unspecified atom stereocenters. The Kier molecular flexibility index (Phi) is 6.72. The van der Waals surface area contributed by atoms with Gasteiger partial charge in [0.05, 0.1) is 0 Å². The van der Waals surface area contributed by atoms with Crippen LogP contribution in [0.25, 0.3) is 11.1 Å². The van der Waals surface area contributed by atoms with Crippen LogP contribution in [0.3, 0.4) is 0 Å². The first-order chi connectivity index (χ1) is 14.2. The first kappa shape index (κ1) is 21.7. The van der Waals surface area contributed by atoms with E-state index in [-0.39, 0.29) is 21.7 Å². The molecule has 2 aromatic rings. The molecule has 0 saturated heterocycles. The summed E-state index contributed by atoms with van der Waals surface area (Å²) in [6, 6.07) is 18.8. The Morgan fingerprint density at radius 3 is 2.30 bits per heavy atom. The minimum atomic E-state index is -1.80. The van der Waals surface area contributed by atoms with Gasteiger partial charge in [0.1, 0.15) is 0 Å². The number of hydrogen-bond donors (Lipinski definition) is 0. The molecule has 1 saturated carbocycles. The Balaban J connectivity index is 0.00000218. The van der Waals surface area contributed by atoms with Gasteiger partial charge in [-0.25, -0.2) is 0 Å². The minimum Gasteiger partial charge on any atom is -0.377 e. The van der Waals surface area contributed by atoms with Gasteiger partial charge < -0.3 is 9.03 Å². The minimum absolute atomic E-state index is 0. The SMILES string of the molecule is CN(C1CCCCC1)[Si](=O)CC1=C2C(=CC1)c1ccccc1Cc1ccccc12.[Ti]. The summed E-state index contributed by atoms with van der Waals surface area (Å²) in [7, 11) is 0.303. The second kappa shape index (κ2) is 9.30. The van der Waals surface area contributed by atoms with Crippen LogP contribution in [0.5, 0.6) is 0 Å². The predicted octanol–water partition coefficient (Wildman–Crippen LogP) is 6.01. The summed E-state index contributed by atoms with van der Waals surface area (Å²) in [6.07, 6.45) is 10.6. The zero-order valence-electron chi connectivity index (χ0n) is 17.8. The first-order valence-electron chi connectivity index (χ1n) is 11.1. The van der Waals surface area contributed by atoms with E-state index in [4.69, 9.17) is 0 Å². The molecule has 0 radical (unpaired) electrons. The van der Waals surface area contributed by atoms with E-state index in [1.165, 1.54) is 71.1 Å². The topological polar surface area (TPSA) is 20.3 Å². The number of rotatable bonds is 4. The average molecular weight is 447 g/mol. The molecular formula is C26H29NOSiTi. The maximum absolute atomic E-state index is 13.4. The molecule has 152 valence electrons. The van der Waals surface area contributed by atoms with Crippen molar-refractivity contribution in [1.29, 1.82) is 0 Å². The third kappa shape index (κ3) is 4.00. The van der Waals surface area contributed by atoms with E-state index in [1.54, 1.807) is 0 Å². The normalized spacial score (nSPS) is 17.8. The quantitative estimate of drug-likeness (QED) is 0.535. The van der Waals surface area contributed by atoms with Crippen molar-refractivity contribution in [2.45, 2.75) is 57.0 Å². The largest absolute Gasteiger partial charge is 0.398 e. The monoisotopic (exact) mass is 447 g/mol. The Morgan fingerprint density at radius 2 is 1.57 bits per heavy atom. The van der Waals surface area contributed by atoms with E-state index in [9.17, 15) is 4.46 Å². The second-order valence-electron chi connectivity index (χ2n) is 8.76. The van der Waals surface area contributed by atoms with Crippen molar-refractivity contribution >= 4 is 20.0 Å². The molecule has 3 aliphatic carbocycles. The maximum atomic E-state index is 13.4. The summed E-state index contributed by atoms with van der Waals surface area (Å²) >= 11 is 0. The van der Waals surface area contributed by atoms with Crippen molar-refractivity contribution in [2.75, 3.05) is 7.05 Å². The van der Waals surface area contributed by atoms with Crippen molar-refractivity contribution < 1.29 is 26.2 Å². The van der Waals surface area contributed by atoms with Crippen LogP contribution in [0.15, 0.2) is 60.2 Å². The van der Waals surface area contributed by atoms with Crippen LogP contribution in [0.4, 0.5) is 0 Å². The molecule has 0 bridgehead atoms. The van der Waals surface area contributed by atoms with Gasteiger partial charge >= 0.3 is 8.84 Å². The number of hydrogen-bond acceptors (Lipinski definition) is 1. The fraction of sp³-hybridized carbons (Fsp3) is 0.385. The van der Waals surface area contributed by atoms with Crippen LogP contribution in [0.2, 0.25) is 6.04 Å². The van der Waals surface area contributed by atoms with Gasteiger partial charge in [-0.2, -0.15) is 0 Å². The molecule has 0 N–H and O–H groups in total. The molecule has 0 aromatic heterocycles. The van der Waals surface area contributed by atoms with Crippen LogP contribution in [0.1, 0.15) is 60.8 Å². The zero-order valence-corrected chi connectivity index (χ0v) is 20.3. The van der Waals surface area contributed by atoms with Crippen molar-refractivity contribution in [1.82, 2.24) is 4.57 Å². The summed E-state index contributed by atoms with van der Waals surface area (Å²) in [5, 5.41) is 0. The predicted molar refractivity (Wildman–Crippen MR) is 121 cm³/mol. The summed E-state index contributed by atoms with van der Waals surface area (Å²) in [6.45, 7) is 0. The Bertz CT molecular complexity index is 1020. The molecule has 0 amide bonds. The van der Waals surface area contributed by atoms with Crippen LogP contribution >= 0.6 is 0 Å². The van der Waals surface area contributed by atoms with Gasteiger partial charge in [-0.3, -0.25) is 0 Å². The van der Waals surface area contributed by atoms with E-state index in [2.05, 4.69) is 66.2 Å². The van der Waals surface area contributed by atoms with Crippen molar-refractivity contribution in [2.24, 2.45) is 0 Å². The molecule has 2 aromatic carbocycles. The Morgan fingerprint density at radius 1 is 0.933 bits per heavy atom. The number of fused-ring (bicyclic) bond motifs is 5. The van der Waals surface area contributed by atoms with Crippen LogP contribution in [0, 0.1) is 0 Å². The molecular weight excluding hydrogens is 418 g/mol. The third-order valence-electron chi connectivity index (χ3n) is 7.03. The van der Waals surface area contributed by atoms with Gasteiger partial charge in [0.25, 0.3) is 0 Å². The zero-order chi connectivity index (χ0) is 19.8. The number of nitrogens with zero attached hydrogens (tertiary/aromatic N) is 1. The average Bonchev–Trinajstić information content (AvgIpc) is 3.11. The summed E-state index contributed by atoms with van der Waals surface area (Å²) in [5.74, 6) is 0. The number of benzene rings is 2. The van der Waals surface area contributed by atoms with Crippen molar-refractivity contribution in [3.63, 3.8) is 0 Å². The molecule has 2 nitrogen and oxygen atoms in total. The molecule has 3 aliphatic rings. The van der Waals surface area contributed by atoms with Gasteiger partial charge in [-0.15, -0.1) is 0 Å². The standard InChI is InChI=1S/C26H29NOSi.Ti/c1-27(22-11-3-2-4-12-22)29(28)18-21-15-16-25-23-13-7-5-9-19(23)17-20-10-6-8-14-24(20)26(21)25;/h5-10,13-14,16,22H,2-4,11-12,15,17-18H2,1H3;. The van der Waals surface area contributed by atoms with Gasteiger partial charge in [0.2, 0.25) is 0 Å². The summed E-state index contributed by atoms with van der Waals surface area (Å²) in [4.78, 5) is 0. The van der Waals surface area contributed by atoms with Crippen molar-refractivity contribution in [3.05, 3.63) is 82.4 Å². The second-order valence-corrected chi connectivity index (χ2v) is 10.6. The molecule has 0 atom stereocenters. The smallest absolute Gasteiger partial charge is 0.377 e. The van der Waals surface area contributed by atoms with Gasteiger partial charge in [0.15, 0.2) is 0 Å². The molecule has 30 heavy (non-hydrogen) atoms. The van der Waals surface area contributed by atoms with Crippen molar-refractivity contribution in [3.8, 4) is 0 Å². The summed E-state index contributed by atoms with van der Waals surface area (Å²) < 4.78 is 15.6. The third-order valence-corrected chi connectivity index (χ3v) is 8.91. The van der Waals surface area contributed by atoms with Crippen LogP contribution < -0.4 is 0 Å². The van der Waals surface area contributed by atoms with Crippen LogP contribution in [-0.2, 0) is 32.6 Å². The van der Waals surface area contributed by atoms with Gasteiger partial charge in [-0.05, 0) is 59.1 Å². The Hall–Kier alpha value is -1.55. The van der Waals surface area contributed by atoms with E-state index in [0.29, 0.717) is 6.04 Å². The van der Waals surface area contributed by atoms with Gasteiger partial charge in [0, 0.05) is 40.9 Å². The summed E-state index contributed by atoms with van der Waals surface area (Å²) in [5.41, 5.74) is 9.58. The first-order valence-corrected chi connectivity index (χ1v) is 12.6. The molecule has 5 rings (SSSR count). The fourth-order valence-electron chi connectivity index (χ4n) is 5.40. The van der Waals surface area contributed by atoms with Gasteiger partial charge in [-0.1, -0.05) is 79.4 Å². The number of allylic oxidation sites excluding steroid dienone is 4. The van der Waals surface area contributed by atoms with E-state index >= 15 is 0 Å². The molecule has 0 aliphatic heterocycles. The Labute approximate surface area is 196 Å². The molecule has 0 heterocycles. The van der Waals surface area contributed by atoms with E-state index in [0.717, 1.165) is 18.9 Å². The molecule has 1 fully saturated rings. The van der Waals surface area contributed by atoms with E-state index in [1.807, 2.05) is 0 Å². The fourth-order valence-corrected chi connectivity index (χ4v) is 7.00. The van der Waals surface area contributed by atoms with Crippen LogP contribution in [-0.4, -0.2) is 26.5 Å². The molecule has 4 heteroatoms.